The Hall–Kier alpha value is -1.06. The lowest BCUT2D eigenvalue weighted by Crippen LogP contribution is -2.35. The van der Waals surface area contributed by atoms with Crippen LogP contribution in [0.3, 0.4) is 0 Å². The summed E-state index contributed by atoms with van der Waals surface area (Å²) in [5.41, 5.74) is 0. The van der Waals surface area contributed by atoms with Crippen molar-refractivity contribution in [3.8, 4) is 0 Å². The Labute approximate surface area is 82.4 Å². The van der Waals surface area contributed by atoms with Crippen LogP contribution in [0.15, 0.2) is 0 Å². The van der Waals surface area contributed by atoms with Gasteiger partial charge < -0.3 is 10.6 Å². The van der Waals surface area contributed by atoms with Crippen molar-refractivity contribution in [3.05, 3.63) is 0 Å². The van der Waals surface area contributed by atoms with Crippen molar-refractivity contribution in [3.63, 3.8) is 0 Å². The monoisotopic (exact) mass is 194 g/mol. The molecule has 4 nitrogen and oxygen atoms in total. The minimum atomic E-state index is -0.226. The molecule has 2 aliphatic carbocycles. The maximum absolute atomic E-state index is 11.9. The minimum Gasteiger partial charge on any atom is -0.333 e. The molecule has 2 amide bonds. The van der Waals surface area contributed by atoms with Crippen LogP contribution in [-0.2, 0) is 4.79 Å². The predicted octanol–water partition coefficient (Wildman–Crippen LogP) is 0.425. The Morgan fingerprint density at radius 2 is 1.86 bits per heavy atom. The smallest absolute Gasteiger partial charge is 0.315 e. The minimum absolute atomic E-state index is 0.0836. The highest BCUT2D eigenvalue weighted by atomic mass is 16.2. The zero-order valence-corrected chi connectivity index (χ0v) is 7.95. The molecule has 1 aliphatic heterocycles. The Balaban J connectivity index is 1.90. The van der Waals surface area contributed by atoms with Crippen LogP contribution in [0.4, 0.5) is 4.79 Å². The molecule has 76 valence electrons. The zero-order valence-electron chi connectivity index (χ0n) is 7.95. The van der Waals surface area contributed by atoms with E-state index in [0.717, 1.165) is 12.8 Å². The number of urea groups is 1. The molecule has 0 aromatic rings. The van der Waals surface area contributed by atoms with Crippen LogP contribution in [0.2, 0.25) is 0 Å². The van der Waals surface area contributed by atoms with Gasteiger partial charge in [0.2, 0.25) is 0 Å². The molecule has 3 aliphatic rings. The van der Waals surface area contributed by atoms with Crippen molar-refractivity contribution >= 4 is 11.8 Å². The molecule has 14 heavy (non-hydrogen) atoms. The number of carbonyl (C=O) groups excluding carboxylic acids is 2. The Morgan fingerprint density at radius 1 is 1.07 bits per heavy atom. The van der Waals surface area contributed by atoms with Crippen LogP contribution in [0, 0.1) is 11.8 Å². The number of fused-ring (bicyclic) bond motifs is 3. The van der Waals surface area contributed by atoms with Gasteiger partial charge >= 0.3 is 6.03 Å². The molecule has 0 aromatic carbocycles. The van der Waals surface area contributed by atoms with E-state index in [0.29, 0.717) is 5.92 Å². The topological polar surface area (TPSA) is 58.2 Å². The van der Waals surface area contributed by atoms with Crippen molar-refractivity contribution in [2.45, 2.75) is 37.8 Å². The van der Waals surface area contributed by atoms with E-state index < -0.39 is 0 Å². The molecule has 0 bridgehead atoms. The first-order chi connectivity index (χ1) is 6.77. The van der Waals surface area contributed by atoms with Gasteiger partial charge in [0.1, 0.15) is 6.04 Å². The average Bonchev–Trinajstić information content (AvgIpc) is 2.68. The number of amides is 2. The molecule has 1 heterocycles. The Kier molecular flexibility index (Phi) is 1.60. The van der Waals surface area contributed by atoms with Crippen LogP contribution < -0.4 is 10.6 Å². The van der Waals surface area contributed by atoms with Gasteiger partial charge in [-0.25, -0.2) is 4.79 Å². The second-order valence-corrected chi connectivity index (χ2v) is 4.58. The Morgan fingerprint density at radius 3 is 2.71 bits per heavy atom. The summed E-state index contributed by atoms with van der Waals surface area (Å²) < 4.78 is 0. The van der Waals surface area contributed by atoms with Crippen molar-refractivity contribution in [2.24, 2.45) is 11.8 Å². The third-order valence-electron chi connectivity index (χ3n) is 3.90. The third kappa shape index (κ3) is 0.938. The van der Waals surface area contributed by atoms with Crippen LogP contribution in [0.1, 0.15) is 25.7 Å². The lowest BCUT2D eigenvalue weighted by Gasteiger charge is -2.26. The number of Topliss-reactive ketones (excluding diaryl/α,β-unsaturated/α-hetero) is 1. The van der Waals surface area contributed by atoms with Gasteiger partial charge in [-0.2, -0.15) is 0 Å². The highest BCUT2D eigenvalue weighted by molar-refractivity contribution is 5.96. The van der Waals surface area contributed by atoms with Crippen molar-refractivity contribution in [2.75, 3.05) is 0 Å². The second-order valence-electron chi connectivity index (χ2n) is 4.58. The first-order valence-corrected chi connectivity index (χ1v) is 5.38. The van der Waals surface area contributed by atoms with Gasteiger partial charge in [-0.3, -0.25) is 4.79 Å². The predicted molar refractivity (Wildman–Crippen MR) is 49.7 cm³/mol. The van der Waals surface area contributed by atoms with E-state index in [9.17, 15) is 9.59 Å². The van der Waals surface area contributed by atoms with E-state index in [-0.39, 0.29) is 29.8 Å². The van der Waals surface area contributed by atoms with Gasteiger partial charge in [-0.1, -0.05) is 12.8 Å². The SMILES string of the molecule is O=C1NC2C(=O)C3CCCCC3C2N1. The molecule has 0 spiro atoms. The number of nitrogens with one attached hydrogen (secondary N) is 2. The molecule has 0 aromatic heterocycles. The summed E-state index contributed by atoms with van der Waals surface area (Å²) in [5.74, 6) is 0.880. The van der Waals surface area contributed by atoms with E-state index in [1.165, 1.54) is 12.8 Å². The van der Waals surface area contributed by atoms with Crippen LogP contribution in [-0.4, -0.2) is 23.9 Å². The van der Waals surface area contributed by atoms with Crippen LogP contribution in [0.25, 0.3) is 0 Å². The standard InChI is InChI=1S/C10H14N2O2/c13-9-6-4-2-1-3-5(6)7-8(9)12-10(14)11-7/h5-8H,1-4H2,(H2,11,12,14). The summed E-state index contributed by atoms with van der Waals surface area (Å²) in [4.78, 5) is 23.0. The Bertz CT molecular complexity index is 302. The molecule has 2 N–H and O–H groups in total. The highest BCUT2D eigenvalue weighted by Gasteiger charge is 2.54. The molecule has 3 fully saturated rings. The van der Waals surface area contributed by atoms with E-state index in [1.807, 2.05) is 0 Å². The van der Waals surface area contributed by atoms with Gasteiger partial charge in [0.15, 0.2) is 5.78 Å². The average molecular weight is 194 g/mol. The number of ketones is 1. The fraction of sp³-hybridized carbons (Fsp3) is 0.800. The molecular weight excluding hydrogens is 180 g/mol. The number of hydrogen-bond donors (Lipinski definition) is 2. The van der Waals surface area contributed by atoms with Crippen molar-refractivity contribution < 1.29 is 9.59 Å². The lowest BCUT2D eigenvalue weighted by atomic mass is 9.80. The number of hydrogen-bond acceptors (Lipinski definition) is 2. The summed E-state index contributed by atoms with van der Waals surface area (Å²) in [7, 11) is 0. The molecule has 2 saturated carbocycles. The molecule has 3 rings (SSSR count). The molecular formula is C10H14N2O2. The second kappa shape index (κ2) is 2.72. The van der Waals surface area contributed by atoms with Gasteiger partial charge in [0.05, 0.1) is 6.04 Å². The summed E-state index contributed by atoms with van der Waals surface area (Å²) in [6.45, 7) is 0. The molecule has 4 unspecified atom stereocenters. The first-order valence-electron chi connectivity index (χ1n) is 5.38. The summed E-state index contributed by atoms with van der Waals surface area (Å²) in [6, 6.07) is -0.312. The zero-order chi connectivity index (χ0) is 9.71. The molecule has 4 atom stereocenters. The summed E-state index contributed by atoms with van der Waals surface area (Å²) in [6.07, 6.45) is 4.49. The van der Waals surface area contributed by atoms with E-state index >= 15 is 0 Å². The molecule has 1 saturated heterocycles. The highest BCUT2D eigenvalue weighted by Crippen LogP contribution is 2.41. The van der Waals surface area contributed by atoms with Gasteiger partial charge in [0, 0.05) is 5.92 Å². The van der Waals surface area contributed by atoms with Crippen LogP contribution in [0.5, 0.6) is 0 Å². The molecule has 4 heteroatoms. The van der Waals surface area contributed by atoms with Crippen molar-refractivity contribution in [1.82, 2.24) is 10.6 Å². The number of carbonyl (C=O) groups is 2. The van der Waals surface area contributed by atoms with E-state index in [1.54, 1.807) is 0 Å². The fourth-order valence-electron chi connectivity index (χ4n) is 3.28. The van der Waals surface area contributed by atoms with Gasteiger partial charge in [-0.15, -0.1) is 0 Å². The fourth-order valence-corrected chi connectivity index (χ4v) is 3.28. The first kappa shape index (κ1) is 8.26. The van der Waals surface area contributed by atoms with E-state index in [4.69, 9.17) is 0 Å². The molecule has 0 radical (unpaired) electrons. The third-order valence-corrected chi connectivity index (χ3v) is 3.90. The number of rotatable bonds is 0. The summed E-state index contributed by atoms with van der Waals surface area (Å²) >= 11 is 0. The normalized spacial score (nSPS) is 45.4. The van der Waals surface area contributed by atoms with Gasteiger partial charge in [0.25, 0.3) is 0 Å². The lowest BCUT2D eigenvalue weighted by molar-refractivity contribution is -0.123. The van der Waals surface area contributed by atoms with Crippen molar-refractivity contribution in [1.29, 1.82) is 0 Å². The maximum Gasteiger partial charge on any atom is 0.315 e. The van der Waals surface area contributed by atoms with Gasteiger partial charge in [-0.05, 0) is 18.8 Å². The maximum atomic E-state index is 11.9. The quantitative estimate of drug-likeness (QED) is 0.587. The van der Waals surface area contributed by atoms with Crippen LogP contribution >= 0.6 is 0 Å². The summed E-state index contributed by atoms with van der Waals surface area (Å²) in [5, 5.41) is 5.60. The largest absolute Gasteiger partial charge is 0.333 e. The van der Waals surface area contributed by atoms with E-state index in [2.05, 4.69) is 10.6 Å².